The molecule has 0 amide bonds. The average molecular weight is 741 g/mol. The maximum Gasteiger partial charge on any atom is 0.0239 e. The quantitative estimate of drug-likeness (QED) is 0.169. The normalized spacial score (nSPS) is 23.8. The van der Waals surface area contributed by atoms with Gasteiger partial charge in [0, 0.05) is 37.2 Å². The van der Waals surface area contributed by atoms with Crippen LogP contribution in [0, 0.1) is 35.8 Å². The number of aromatic nitrogens is 2. The second-order valence-electron chi connectivity index (χ2n) is 12.1. The van der Waals surface area contributed by atoms with Crippen LogP contribution in [0.3, 0.4) is 0 Å². The van der Waals surface area contributed by atoms with Gasteiger partial charge >= 0.3 is 0 Å². The molecular weight excluding hydrogens is 709 g/mol. The Morgan fingerprint density at radius 3 is 2.17 bits per heavy atom. The van der Waals surface area contributed by atoms with E-state index in [2.05, 4.69) is 71.8 Å². The molecule has 0 N–H and O–H groups in total. The molecule has 42 heavy (non-hydrogen) atoms. The fourth-order valence-electron chi connectivity index (χ4n) is 8.22. The molecule has 1 radical (unpaired) electrons. The molecule has 6 aromatic rings. The van der Waals surface area contributed by atoms with E-state index < -0.39 is 0 Å². The van der Waals surface area contributed by atoms with Gasteiger partial charge in [-0.15, -0.1) is 59.7 Å². The third kappa shape index (κ3) is 5.15. The molecule has 0 saturated heterocycles. The zero-order valence-corrected chi connectivity index (χ0v) is 26.6. The number of hydrogen-bond acceptors (Lipinski definition) is 3. The molecule has 0 spiro atoms. The zero-order valence-electron chi connectivity index (χ0n) is 23.4. The minimum Gasteiger partial charge on any atom is -0.305 e. The molecule has 3 aromatic heterocycles. The molecule has 4 saturated carbocycles. The number of pyridine rings is 2. The van der Waals surface area contributed by atoms with E-state index >= 15 is 0 Å². The SMILES string of the molecule is [Ir].[c-]1ccc2c(sc3ccccc32)c1-c1cc(C2C3CC4CC(C3)CC2C4)ccn1.[c-]1ccccc1-c1ccccn1. The summed E-state index contributed by atoms with van der Waals surface area (Å²) < 4.78 is 2.67. The van der Waals surface area contributed by atoms with Gasteiger partial charge in [0.15, 0.2) is 0 Å². The fourth-order valence-corrected chi connectivity index (χ4v) is 9.42. The monoisotopic (exact) mass is 741 g/mol. The second-order valence-corrected chi connectivity index (χ2v) is 13.2. The third-order valence-electron chi connectivity index (χ3n) is 9.64. The van der Waals surface area contributed by atoms with E-state index in [0.717, 1.165) is 46.5 Å². The van der Waals surface area contributed by atoms with Gasteiger partial charge in [-0.3, -0.25) is 0 Å². The van der Waals surface area contributed by atoms with Crippen LogP contribution in [0.2, 0.25) is 0 Å². The first kappa shape index (κ1) is 27.6. The summed E-state index contributed by atoms with van der Waals surface area (Å²) in [6.45, 7) is 0. The van der Waals surface area contributed by atoms with Gasteiger partial charge in [0.1, 0.15) is 0 Å². The van der Waals surface area contributed by atoms with Crippen molar-refractivity contribution in [2.24, 2.45) is 23.7 Å². The number of nitrogens with zero attached hydrogens (tertiary/aromatic N) is 2. The number of rotatable bonds is 3. The first-order valence-corrected chi connectivity index (χ1v) is 15.8. The van der Waals surface area contributed by atoms with Crippen molar-refractivity contribution < 1.29 is 20.1 Å². The van der Waals surface area contributed by atoms with Crippen molar-refractivity contribution in [3.63, 3.8) is 0 Å². The van der Waals surface area contributed by atoms with Gasteiger partial charge in [-0.25, -0.2) is 0 Å². The first-order valence-electron chi connectivity index (χ1n) is 15.0. The van der Waals surface area contributed by atoms with Crippen molar-refractivity contribution in [3.8, 4) is 22.5 Å². The molecule has 10 rings (SSSR count). The molecule has 0 aliphatic heterocycles. The molecule has 4 heteroatoms. The van der Waals surface area contributed by atoms with Gasteiger partial charge in [0.25, 0.3) is 0 Å². The Labute approximate surface area is 265 Å². The van der Waals surface area contributed by atoms with E-state index in [1.807, 2.05) is 53.8 Å². The molecule has 0 atom stereocenters. The van der Waals surface area contributed by atoms with Gasteiger partial charge < -0.3 is 9.97 Å². The summed E-state index contributed by atoms with van der Waals surface area (Å²) in [5.41, 5.74) is 5.83. The minimum absolute atomic E-state index is 0. The third-order valence-corrected chi connectivity index (χ3v) is 10.8. The van der Waals surface area contributed by atoms with Crippen LogP contribution in [0.1, 0.15) is 43.6 Å². The molecule has 3 aromatic carbocycles. The summed E-state index contributed by atoms with van der Waals surface area (Å²) >= 11 is 1.88. The number of benzene rings is 3. The van der Waals surface area contributed by atoms with Crippen LogP contribution >= 0.6 is 11.3 Å². The maximum absolute atomic E-state index is 4.82. The van der Waals surface area contributed by atoms with E-state index in [9.17, 15) is 0 Å². The van der Waals surface area contributed by atoms with E-state index in [1.165, 1.54) is 63.4 Å². The van der Waals surface area contributed by atoms with Crippen LogP contribution in [0.15, 0.2) is 103 Å². The Balaban J connectivity index is 0.000000188. The summed E-state index contributed by atoms with van der Waals surface area (Å²) in [4.78, 5) is 9.04. The van der Waals surface area contributed by atoms with Crippen LogP contribution in [0.5, 0.6) is 0 Å². The largest absolute Gasteiger partial charge is 0.305 e. The number of fused-ring (bicyclic) bond motifs is 3. The number of thiophene rings is 1. The summed E-state index contributed by atoms with van der Waals surface area (Å²) in [5.74, 6) is 4.62. The van der Waals surface area contributed by atoms with Crippen molar-refractivity contribution in [1.29, 1.82) is 0 Å². The minimum atomic E-state index is 0. The van der Waals surface area contributed by atoms with Crippen molar-refractivity contribution >= 4 is 31.5 Å². The van der Waals surface area contributed by atoms with Crippen molar-refractivity contribution in [3.05, 3.63) is 121 Å². The van der Waals surface area contributed by atoms with E-state index in [-0.39, 0.29) is 20.1 Å². The van der Waals surface area contributed by atoms with Crippen LogP contribution in [0.25, 0.3) is 42.7 Å². The topological polar surface area (TPSA) is 25.8 Å². The Morgan fingerprint density at radius 2 is 1.40 bits per heavy atom. The van der Waals surface area contributed by atoms with E-state index in [1.54, 1.807) is 6.20 Å². The molecule has 4 fully saturated rings. The Kier molecular flexibility index (Phi) is 7.80. The van der Waals surface area contributed by atoms with E-state index in [0.29, 0.717) is 0 Å². The molecule has 3 heterocycles. The molecule has 4 aliphatic carbocycles. The predicted molar refractivity (Wildman–Crippen MR) is 170 cm³/mol. The number of hydrogen-bond donors (Lipinski definition) is 0. The van der Waals surface area contributed by atoms with Gasteiger partial charge in [-0.1, -0.05) is 41.8 Å². The predicted octanol–water partition coefficient (Wildman–Crippen LogP) is 10.0. The first-order chi connectivity index (χ1) is 20.3. The summed E-state index contributed by atoms with van der Waals surface area (Å²) in [6, 6.07) is 38.1. The van der Waals surface area contributed by atoms with Crippen LogP contribution in [-0.2, 0) is 20.1 Å². The van der Waals surface area contributed by atoms with Crippen molar-refractivity contribution in [2.45, 2.75) is 38.0 Å². The fraction of sp³-hybridized carbons (Fsp3) is 0.263. The van der Waals surface area contributed by atoms with Crippen LogP contribution in [0.4, 0.5) is 0 Å². The Bertz CT molecular complexity index is 1750. The van der Waals surface area contributed by atoms with Gasteiger partial charge in [0.05, 0.1) is 0 Å². The van der Waals surface area contributed by atoms with Gasteiger partial charge in [0.2, 0.25) is 0 Å². The van der Waals surface area contributed by atoms with Crippen molar-refractivity contribution in [2.75, 3.05) is 0 Å². The summed E-state index contributed by atoms with van der Waals surface area (Å²) in [7, 11) is 0. The summed E-state index contributed by atoms with van der Waals surface area (Å²) in [5, 5.41) is 2.68. The zero-order chi connectivity index (χ0) is 27.2. The standard InChI is InChI=1S/C27H24NS.C11H8N.Ir/c1-2-7-25-21(4-1)22-5-3-6-23(27(22)29-25)24-15-18(8-9-28-24)26-19-11-16-10-17(13-19)14-20(26)12-16;1-2-6-10(7-3-1)11-8-4-5-9-12-11;/h1-5,7-9,15-17,19-20,26H,10-14H2;1-6,8-9H;/q2*-1;. The molecule has 0 unspecified atom stereocenters. The maximum atomic E-state index is 4.82. The smallest absolute Gasteiger partial charge is 0.0239 e. The Morgan fingerprint density at radius 1 is 0.643 bits per heavy atom. The molecule has 2 nitrogen and oxygen atoms in total. The Hall–Kier alpha value is -3.17. The molecule has 4 aliphatic rings. The average Bonchev–Trinajstić information content (AvgIpc) is 3.41. The molecular formula is C38H32IrN2S-2. The van der Waals surface area contributed by atoms with Crippen molar-refractivity contribution in [1.82, 2.24) is 9.97 Å². The molecule has 211 valence electrons. The molecule has 4 bridgehead atoms. The van der Waals surface area contributed by atoms with Gasteiger partial charge in [-0.2, -0.15) is 11.3 Å². The van der Waals surface area contributed by atoms with Gasteiger partial charge in [-0.05, 0) is 107 Å². The van der Waals surface area contributed by atoms with E-state index in [4.69, 9.17) is 4.98 Å². The van der Waals surface area contributed by atoms with Crippen LogP contribution < -0.4 is 0 Å². The second kappa shape index (κ2) is 11.8. The summed E-state index contributed by atoms with van der Waals surface area (Å²) in [6.07, 6.45) is 11.2. The van der Waals surface area contributed by atoms with Crippen LogP contribution in [-0.4, -0.2) is 9.97 Å².